The Morgan fingerprint density at radius 3 is 2.79 bits per heavy atom. The van der Waals surface area contributed by atoms with Crippen molar-refractivity contribution >= 4 is 10.8 Å². The predicted molar refractivity (Wildman–Crippen MR) is 77.7 cm³/mol. The van der Waals surface area contributed by atoms with Crippen molar-refractivity contribution < 1.29 is 9.47 Å². The molecule has 19 heavy (non-hydrogen) atoms. The molecule has 0 saturated heterocycles. The molecule has 0 radical (unpaired) electrons. The van der Waals surface area contributed by atoms with Gasteiger partial charge in [0.1, 0.15) is 5.75 Å². The van der Waals surface area contributed by atoms with Crippen LogP contribution in [-0.4, -0.2) is 13.7 Å². The highest BCUT2D eigenvalue weighted by molar-refractivity contribution is 5.95. The molecular formula is C17H20O2. The van der Waals surface area contributed by atoms with Gasteiger partial charge in [-0.2, -0.15) is 0 Å². The molecule has 0 fully saturated rings. The lowest BCUT2D eigenvalue weighted by Crippen LogP contribution is -2.08. The summed E-state index contributed by atoms with van der Waals surface area (Å²) in [6, 6.07) is 10.6. The smallest absolute Gasteiger partial charge is 0.126 e. The minimum Gasteiger partial charge on any atom is -0.496 e. The highest BCUT2D eigenvalue weighted by Crippen LogP contribution is 2.42. The van der Waals surface area contributed by atoms with Gasteiger partial charge in [0.25, 0.3) is 0 Å². The first-order valence-electron chi connectivity index (χ1n) is 6.90. The van der Waals surface area contributed by atoms with Gasteiger partial charge in [-0.25, -0.2) is 0 Å². The van der Waals surface area contributed by atoms with E-state index >= 15 is 0 Å². The normalized spacial score (nSPS) is 17.4. The van der Waals surface area contributed by atoms with Crippen LogP contribution in [-0.2, 0) is 11.2 Å². The van der Waals surface area contributed by atoms with Gasteiger partial charge in [-0.1, -0.05) is 38.1 Å². The molecule has 0 aliphatic heterocycles. The highest BCUT2D eigenvalue weighted by atomic mass is 16.5. The summed E-state index contributed by atoms with van der Waals surface area (Å²) in [5.41, 5.74) is 2.69. The number of ether oxygens (including phenoxy) is 2. The Bertz CT molecular complexity index is 601. The molecule has 1 aliphatic carbocycles. The molecule has 1 aliphatic rings. The summed E-state index contributed by atoms with van der Waals surface area (Å²) in [5.74, 6) is 1.52. The van der Waals surface area contributed by atoms with Crippen molar-refractivity contribution in [2.24, 2.45) is 5.92 Å². The zero-order valence-electron chi connectivity index (χ0n) is 11.8. The zero-order chi connectivity index (χ0) is 13.4. The molecule has 0 spiro atoms. The van der Waals surface area contributed by atoms with Crippen LogP contribution >= 0.6 is 0 Å². The summed E-state index contributed by atoms with van der Waals surface area (Å²) >= 11 is 0. The van der Waals surface area contributed by atoms with Crippen molar-refractivity contribution in [2.75, 3.05) is 13.7 Å². The molecule has 100 valence electrons. The first-order valence-corrected chi connectivity index (χ1v) is 6.90. The number of hydrogen-bond acceptors (Lipinski definition) is 2. The monoisotopic (exact) mass is 256 g/mol. The largest absolute Gasteiger partial charge is 0.496 e. The molecule has 0 bridgehead atoms. The number of rotatable bonds is 4. The molecule has 1 unspecified atom stereocenters. The molecule has 3 rings (SSSR count). The van der Waals surface area contributed by atoms with Gasteiger partial charge in [0.2, 0.25) is 0 Å². The third-order valence-electron chi connectivity index (χ3n) is 3.72. The van der Waals surface area contributed by atoms with Crippen LogP contribution < -0.4 is 4.74 Å². The minimum atomic E-state index is 0.202. The molecule has 2 nitrogen and oxygen atoms in total. The van der Waals surface area contributed by atoms with Gasteiger partial charge in [0, 0.05) is 18.4 Å². The number of benzene rings is 2. The second kappa shape index (κ2) is 4.86. The van der Waals surface area contributed by atoms with Crippen molar-refractivity contribution in [3.63, 3.8) is 0 Å². The van der Waals surface area contributed by atoms with Gasteiger partial charge in [-0.3, -0.25) is 0 Å². The summed E-state index contributed by atoms with van der Waals surface area (Å²) in [6.07, 6.45) is 1.18. The Kier molecular flexibility index (Phi) is 3.19. The Hall–Kier alpha value is -1.54. The van der Waals surface area contributed by atoms with E-state index in [4.69, 9.17) is 9.47 Å². The van der Waals surface area contributed by atoms with Crippen LogP contribution in [0.3, 0.4) is 0 Å². The van der Waals surface area contributed by atoms with E-state index in [0.29, 0.717) is 5.92 Å². The number of hydrogen-bond donors (Lipinski definition) is 0. The molecule has 0 N–H and O–H groups in total. The Morgan fingerprint density at radius 2 is 2.05 bits per heavy atom. The van der Waals surface area contributed by atoms with Crippen LogP contribution in [0.15, 0.2) is 30.3 Å². The SMILES string of the molecule is COc1ccc2c3c(cccc13)C(OCC(C)C)C2. The topological polar surface area (TPSA) is 18.5 Å². The van der Waals surface area contributed by atoms with E-state index in [1.807, 2.05) is 0 Å². The molecule has 2 heteroatoms. The van der Waals surface area contributed by atoms with Crippen LogP contribution in [0, 0.1) is 5.92 Å². The van der Waals surface area contributed by atoms with E-state index in [2.05, 4.69) is 44.2 Å². The van der Waals surface area contributed by atoms with Crippen LogP contribution in [0.4, 0.5) is 0 Å². The maximum Gasteiger partial charge on any atom is 0.126 e. The maximum absolute atomic E-state index is 6.07. The average molecular weight is 256 g/mol. The first kappa shape index (κ1) is 12.5. The fourth-order valence-corrected chi connectivity index (χ4v) is 2.87. The lowest BCUT2D eigenvalue weighted by Gasteiger charge is -2.15. The van der Waals surface area contributed by atoms with Gasteiger partial charge in [-0.05, 0) is 28.5 Å². The van der Waals surface area contributed by atoms with Gasteiger partial charge < -0.3 is 9.47 Å². The lowest BCUT2D eigenvalue weighted by atomic mass is 10.0. The quantitative estimate of drug-likeness (QED) is 0.819. The van der Waals surface area contributed by atoms with Gasteiger partial charge in [0.15, 0.2) is 0 Å². The summed E-state index contributed by atoms with van der Waals surface area (Å²) in [5, 5.41) is 2.53. The standard InChI is InChI=1S/C17H20O2/c1-11(2)10-19-16-9-12-7-8-15(18-3)13-5-4-6-14(16)17(12)13/h4-8,11,16H,9-10H2,1-3H3. The van der Waals surface area contributed by atoms with Crippen molar-refractivity contribution in [2.45, 2.75) is 26.4 Å². The molecule has 0 amide bonds. The minimum absolute atomic E-state index is 0.202. The maximum atomic E-state index is 6.07. The zero-order valence-corrected chi connectivity index (χ0v) is 11.8. The molecular weight excluding hydrogens is 236 g/mol. The van der Waals surface area contributed by atoms with Crippen LogP contribution in [0.5, 0.6) is 5.75 Å². The molecule has 2 aromatic carbocycles. The fraction of sp³-hybridized carbons (Fsp3) is 0.412. The van der Waals surface area contributed by atoms with Crippen LogP contribution in [0.25, 0.3) is 10.8 Å². The van der Waals surface area contributed by atoms with Crippen molar-refractivity contribution in [1.29, 1.82) is 0 Å². The fourth-order valence-electron chi connectivity index (χ4n) is 2.87. The number of methoxy groups -OCH3 is 1. The van der Waals surface area contributed by atoms with Gasteiger partial charge >= 0.3 is 0 Å². The van der Waals surface area contributed by atoms with Crippen LogP contribution in [0.2, 0.25) is 0 Å². The second-order valence-electron chi connectivity index (χ2n) is 5.62. The molecule has 2 aromatic rings. The van der Waals surface area contributed by atoms with E-state index in [-0.39, 0.29) is 6.10 Å². The first-order chi connectivity index (χ1) is 9.20. The van der Waals surface area contributed by atoms with Crippen molar-refractivity contribution in [3.05, 3.63) is 41.5 Å². The predicted octanol–water partition coefficient (Wildman–Crippen LogP) is 4.12. The molecule has 0 saturated carbocycles. The van der Waals surface area contributed by atoms with E-state index in [1.165, 1.54) is 21.9 Å². The molecule has 0 heterocycles. The van der Waals surface area contributed by atoms with Crippen molar-refractivity contribution in [1.82, 2.24) is 0 Å². The second-order valence-corrected chi connectivity index (χ2v) is 5.62. The third kappa shape index (κ3) is 2.10. The van der Waals surface area contributed by atoms with E-state index in [1.54, 1.807) is 7.11 Å². The summed E-state index contributed by atoms with van der Waals surface area (Å²) in [7, 11) is 1.73. The van der Waals surface area contributed by atoms with Gasteiger partial charge in [0.05, 0.1) is 13.2 Å². The van der Waals surface area contributed by atoms with Crippen LogP contribution in [0.1, 0.15) is 31.1 Å². The van der Waals surface area contributed by atoms with E-state index in [9.17, 15) is 0 Å². The molecule has 1 atom stereocenters. The summed E-state index contributed by atoms with van der Waals surface area (Å²) in [4.78, 5) is 0. The Balaban J connectivity index is 2.03. The average Bonchev–Trinajstić information content (AvgIpc) is 2.77. The lowest BCUT2D eigenvalue weighted by molar-refractivity contribution is 0.0391. The van der Waals surface area contributed by atoms with E-state index < -0.39 is 0 Å². The summed E-state index contributed by atoms with van der Waals surface area (Å²) in [6.45, 7) is 5.18. The van der Waals surface area contributed by atoms with E-state index in [0.717, 1.165) is 18.8 Å². The Labute approximate surface area is 114 Å². The summed E-state index contributed by atoms with van der Waals surface area (Å²) < 4.78 is 11.5. The van der Waals surface area contributed by atoms with Crippen molar-refractivity contribution in [3.8, 4) is 5.75 Å². The highest BCUT2D eigenvalue weighted by Gasteiger charge is 2.26. The molecule has 0 aromatic heterocycles. The Morgan fingerprint density at radius 1 is 1.21 bits per heavy atom. The van der Waals surface area contributed by atoms with Gasteiger partial charge in [-0.15, -0.1) is 0 Å². The third-order valence-corrected chi connectivity index (χ3v) is 3.72.